The van der Waals surface area contributed by atoms with Gasteiger partial charge in [0.2, 0.25) is 11.8 Å². The van der Waals surface area contributed by atoms with Crippen molar-refractivity contribution >= 4 is 35.3 Å². The van der Waals surface area contributed by atoms with Crippen LogP contribution < -0.4 is 5.32 Å². The van der Waals surface area contributed by atoms with Gasteiger partial charge in [0, 0.05) is 56.7 Å². The Hall–Kier alpha value is -3.85. The Morgan fingerprint density at radius 3 is 2.42 bits per heavy atom. The zero-order chi connectivity index (χ0) is 31.6. The zero-order valence-corrected chi connectivity index (χ0v) is 27.3. The molecule has 236 valence electrons. The minimum absolute atomic E-state index is 0.0193. The topological polar surface area (TPSA) is 85.9 Å². The number of urea groups is 1. The largest absolute Gasteiger partial charge is 0.342 e. The number of likely N-dealkylation sites (tertiary alicyclic amines) is 1. The lowest BCUT2D eigenvalue weighted by Crippen LogP contribution is -2.50. The Kier molecular flexibility index (Phi) is 9.17. The van der Waals surface area contributed by atoms with E-state index in [2.05, 4.69) is 49.3 Å². The number of anilines is 1. The molecule has 4 amide bonds. The summed E-state index contributed by atoms with van der Waals surface area (Å²) in [5, 5.41) is 2.47. The minimum atomic E-state index is -0.430. The zero-order valence-electron chi connectivity index (χ0n) is 26.4. The van der Waals surface area contributed by atoms with Crippen LogP contribution in [0.4, 0.5) is 10.5 Å². The van der Waals surface area contributed by atoms with Crippen molar-refractivity contribution in [2.24, 2.45) is 5.41 Å². The van der Waals surface area contributed by atoms with Crippen molar-refractivity contribution < 1.29 is 14.4 Å². The fourth-order valence-electron chi connectivity index (χ4n) is 6.61. The second-order valence-corrected chi connectivity index (χ2v) is 14.8. The summed E-state index contributed by atoms with van der Waals surface area (Å²) in [7, 11) is 0. The molecule has 9 heteroatoms. The third-order valence-electron chi connectivity index (χ3n) is 9.22. The van der Waals surface area contributed by atoms with E-state index in [0.29, 0.717) is 26.2 Å². The number of hydrogen-bond acceptors (Lipinski definition) is 5. The molecule has 1 aromatic heterocycles. The molecule has 0 aliphatic carbocycles. The fourth-order valence-corrected chi connectivity index (χ4v) is 8.12. The lowest BCUT2D eigenvalue weighted by molar-refractivity contribution is -0.137. The molecule has 45 heavy (non-hydrogen) atoms. The lowest BCUT2D eigenvalue weighted by atomic mass is 9.92. The number of benzene rings is 2. The van der Waals surface area contributed by atoms with Gasteiger partial charge in [0.25, 0.3) is 0 Å². The van der Waals surface area contributed by atoms with E-state index in [1.54, 1.807) is 24.2 Å². The average Bonchev–Trinajstić information content (AvgIpc) is 3.24. The van der Waals surface area contributed by atoms with Gasteiger partial charge in [-0.15, -0.1) is 11.8 Å². The number of carbonyl (C=O) groups is 3. The first-order valence-electron chi connectivity index (χ1n) is 16.1. The van der Waals surface area contributed by atoms with Crippen LogP contribution in [0.1, 0.15) is 63.0 Å². The van der Waals surface area contributed by atoms with Crippen molar-refractivity contribution in [1.29, 1.82) is 0 Å². The van der Waals surface area contributed by atoms with Gasteiger partial charge in [-0.3, -0.25) is 14.6 Å². The molecular weight excluding hydrogens is 582 g/mol. The highest BCUT2D eigenvalue weighted by atomic mass is 32.2. The highest BCUT2D eigenvalue weighted by Crippen LogP contribution is 2.47. The maximum absolute atomic E-state index is 14.0. The molecule has 8 nitrogen and oxygen atoms in total. The van der Waals surface area contributed by atoms with Gasteiger partial charge < -0.3 is 20.0 Å². The van der Waals surface area contributed by atoms with E-state index < -0.39 is 5.25 Å². The van der Waals surface area contributed by atoms with E-state index in [1.807, 2.05) is 57.2 Å². The first-order chi connectivity index (χ1) is 21.7. The third-order valence-corrected chi connectivity index (χ3v) is 10.7. The number of pyridine rings is 1. The Balaban J connectivity index is 1.12. The Bertz CT molecular complexity index is 1530. The van der Waals surface area contributed by atoms with Gasteiger partial charge in [0.05, 0.1) is 5.25 Å². The maximum atomic E-state index is 14.0. The normalized spacial score (nSPS) is 21.0. The molecule has 2 aromatic carbocycles. The third kappa shape index (κ3) is 7.03. The summed E-state index contributed by atoms with van der Waals surface area (Å²) in [6.45, 7) is 9.07. The van der Waals surface area contributed by atoms with Crippen LogP contribution in [0.25, 0.3) is 11.1 Å². The fraction of sp³-hybridized carbons (Fsp3) is 0.444. The van der Waals surface area contributed by atoms with E-state index in [4.69, 9.17) is 0 Å². The van der Waals surface area contributed by atoms with E-state index in [9.17, 15) is 14.4 Å². The van der Waals surface area contributed by atoms with Gasteiger partial charge in [-0.25, -0.2) is 4.79 Å². The van der Waals surface area contributed by atoms with Crippen molar-refractivity contribution in [2.45, 2.75) is 69.5 Å². The van der Waals surface area contributed by atoms with Crippen LogP contribution in [0.3, 0.4) is 0 Å². The molecule has 0 radical (unpaired) electrons. The number of hydrogen-bond donors (Lipinski definition) is 1. The summed E-state index contributed by atoms with van der Waals surface area (Å²) in [5.74, 6) is 0.0636. The van der Waals surface area contributed by atoms with E-state index >= 15 is 0 Å². The quantitative estimate of drug-likeness (QED) is 0.320. The summed E-state index contributed by atoms with van der Waals surface area (Å²) in [4.78, 5) is 50.7. The molecule has 0 saturated carbocycles. The van der Waals surface area contributed by atoms with Gasteiger partial charge in [-0.2, -0.15) is 0 Å². The Morgan fingerprint density at radius 1 is 0.956 bits per heavy atom. The lowest BCUT2D eigenvalue weighted by Gasteiger charge is -2.38. The van der Waals surface area contributed by atoms with Crippen molar-refractivity contribution in [3.05, 3.63) is 84.2 Å². The smallest absolute Gasteiger partial charge is 0.322 e. The van der Waals surface area contributed by atoms with Gasteiger partial charge in [0.15, 0.2) is 0 Å². The molecule has 0 spiro atoms. The number of nitrogens with one attached hydrogen (secondary N) is 1. The number of thioether (sulfide) groups is 1. The number of carbonyl (C=O) groups excluding carboxylic acids is 3. The van der Waals surface area contributed by atoms with Gasteiger partial charge >= 0.3 is 6.03 Å². The van der Waals surface area contributed by atoms with Crippen LogP contribution >= 0.6 is 11.8 Å². The Labute approximate surface area is 270 Å². The standard InChI is InChI=1S/C36H43N5O3S/c1-36(2,3)17-23-41-33(43)31(45-34(41)29-10-6-5-9-28(29)25-12-18-37-19-13-25)24-32(42)39-20-15-27(16-21-39)40-22-14-26-8-4-7-11-30(26)38-35(40)44/h4-13,18-19,27,31,34H,14-17,20-24H2,1-3H3,(H,38,44). The monoisotopic (exact) mass is 625 g/mol. The van der Waals surface area contributed by atoms with Gasteiger partial charge in [-0.1, -0.05) is 63.2 Å². The predicted octanol–water partition coefficient (Wildman–Crippen LogP) is 6.60. The summed E-state index contributed by atoms with van der Waals surface area (Å²) < 4.78 is 0. The Morgan fingerprint density at radius 2 is 1.67 bits per heavy atom. The molecular formula is C36H43N5O3S. The number of fused-ring (bicyclic) bond motifs is 1. The number of aromatic nitrogens is 1. The van der Waals surface area contributed by atoms with E-state index in [-0.39, 0.29) is 41.1 Å². The molecule has 6 rings (SSSR count). The van der Waals surface area contributed by atoms with Crippen LogP contribution in [-0.4, -0.2) is 75.0 Å². The predicted molar refractivity (Wildman–Crippen MR) is 180 cm³/mol. The molecule has 3 aliphatic heterocycles. The summed E-state index contributed by atoms with van der Waals surface area (Å²) in [5.41, 5.74) is 5.34. The first kappa shape index (κ1) is 31.1. The second kappa shape index (κ2) is 13.3. The van der Waals surface area contributed by atoms with Gasteiger partial charge in [-0.05, 0) is 71.6 Å². The number of rotatable bonds is 7. The van der Waals surface area contributed by atoms with Gasteiger partial charge in [0.1, 0.15) is 5.37 Å². The highest BCUT2D eigenvalue weighted by Gasteiger charge is 2.43. The summed E-state index contributed by atoms with van der Waals surface area (Å²) >= 11 is 1.60. The molecule has 0 bridgehead atoms. The average molecular weight is 626 g/mol. The number of nitrogens with zero attached hydrogens (tertiary/aromatic N) is 4. The van der Waals surface area contributed by atoms with Crippen molar-refractivity contribution in [1.82, 2.24) is 19.7 Å². The van der Waals surface area contributed by atoms with E-state index in [1.165, 1.54) is 0 Å². The van der Waals surface area contributed by atoms with Crippen LogP contribution in [0, 0.1) is 5.41 Å². The molecule has 2 saturated heterocycles. The molecule has 4 heterocycles. The van der Waals surface area contributed by atoms with Crippen LogP contribution in [-0.2, 0) is 16.0 Å². The first-order valence-corrected chi connectivity index (χ1v) is 17.0. The maximum Gasteiger partial charge on any atom is 0.322 e. The van der Waals surface area contributed by atoms with Crippen molar-refractivity contribution in [3.63, 3.8) is 0 Å². The van der Waals surface area contributed by atoms with Crippen molar-refractivity contribution in [2.75, 3.05) is 31.5 Å². The minimum Gasteiger partial charge on any atom is -0.342 e. The summed E-state index contributed by atoms with van der Waals surface area (Å²) in [6, 6.07) is 20.2. The second-order valence-electron chi connectivity index (χ2n) is 13.5. The molecule has 3 aliphatic rings. The molecule has 2 atom stereocenters. The molecule has 2 fully saturated rings. The SMILES string of the molecule is CC(C)(C)CCN1C(=O)C(CC(=O)N2CCC(N3CCc4ccccc4NC3=O)CC2)SC1c1ccccc1-c1ccncc1. The number of piperidine rings is 1. The number of amides is 4. The van der Waals surface area contributed by atoms with Crippen LogP contribution in [0.15, 0.2) is 73.1 Å². The molecule has 1 N–H and O–H groups in total. The molecule has 2 unspecified atom stereocenters. The summed E-state index contributed by atoms with van der Waals surface area (Å²) in [6.07, 6.45) is 6.93. The molecule has 3 aromatic rings. The van der Waals surface area contributed by atoms with Crippen LogP contribution in [0.2, 0.25) is 0 Å². The van der Waals surface area contributed by atoms with Crippen molar-refractivity contribution in [3.8, 4) is 11.1 Å². The number of para-hydroxylation sites is 1. The highest BCUT2D eigenvalue weighted by molar-refractivity contribution is 8.01. The van der Waals surface area contributed by atoms with E-state index in [0.717, 1.165) is 53.6 Å². The van der Waals surface area contributed by atoms with Crippen LogP contribution in [0.5, 0.6) is 0 Å².